The van der Waals surface area contributed by atoms with E-state index in [2.05, 4.69) is 20.4 Å². The smallest absolute Gasteiger partial charge is 0.286 e. The zero-order chi connectivity index (χ0) is 24.7. The van der Waals surface area contributed by atoms with E-state index in [9.17, 15) is 14.4 Å². The van der Waals surface area contributed by atoms with E-state index >= 15 is 0 Å². The van der Waals surface area contributed by atoms with Crippen LogP contribution in [0.4, 0.5) is 0 Å². The molecule has 4 atom stereocenters. The van der Waals surface area contributed by atoms with Crippen LogP contribution in [0, 0.1) is 5.41 Å². The van der Waals surface area contributed by atoms with Gasteiger partial charge in [-0.3, -0.25) is 19.3 Å². The average molecular weight is 506 g/mol. The van der Waals surface area contributed by atoms with Gasteiger partial charge in [0.2, 0.25) is 16.8 Å². The number of piperidine rings is 1. The fourth-order valence-electron chi connectivity index (χ4n) is 5.87. The molecule has 4 aliphatic rings. The topological polar surface area (TPSA) is 111 Å². The van der Waals surface area contributed by atoms with Crippen molar-refractivity contribution in [2.45, 2.75) is 57.9 Å². The van der Waals surface area contributed by atoms with Crippen LogP contribution in [0.2, 0.25) is 0 Å². The fraction of sp³-hybridized carbons (Fsp3) is 0.783. The molecule has 192 valence electrons. The third kappa shape index (κ3) is 4.56. The maximum absolute atomic E-state index is 14.1. The third-order valence-corrected chi connectivity index (χ3v) is 8.25. The summed E-state index contributed by atoms with van der Waals surface area (Å²) in [5, 5.41) is 11.6. The number of rotatable bonds is 3. The minimum atomic E-state index is -0.663. The normalized spacial score (nSPS) is 31.0. The van der Waals surface area contributed by atoms with Crippen molar-refractivity contribution in [3.63, 3.8) is 0 Å². The molecule has 4 saturated heterocycles. The van der Waals surface area contributed by atoms with Crippen molar-refractivity contribution in [2.75, 3.05) is 52.5 Å². The summed E-state index contributed by atoms with van der Waals surface area (Å²) in [6.45, 7) is 10.6. The highest BCUT2D eigenvalue weighted by Crippen LogP contribution is 2.37. The first-order valence-electron chi connectivity index (χ1n) is 12.5. The highest BCUT2D eigenvalue weighted by Gasteiger charge is 2.56. The van der Waals surface area contributed by atoms with Gasteiger partial charge in [0.25, 0.3) is 5.91 Å². The van der Waals surface area contributed by atoms with Crippen LogP contribution in [0.15, 0.2) is 5.51 Å². The molecule has 5 rings (SSSR count). The molecule has 3 amide bonds. The summed E-state index contributed by atoms with van der Waals surface area (Å²) >= 11 is 1.20. The molecule has 2 unspecified atom stereocenters. The number of carbonyl (C=O) groups is 3. The Balaban J connectivity index is 1.55. The van der Waals surface area contributed by atoms with Gasteiger partial charge in [0.15, 0.2) is 0 Å². The van der Waals surface area contributed by atoms with Crippen LogP contribution in [0.1, 0.15) is 43.4 Å². The van der Waals surface area contributed by atoms with Crippen molar-refractivity contribution in [3.8, 4) is 0 Å². The average Bonchev–Trinajstić information content (AvgIpc) is 3.39. The van der Waals surface area contributed by atoms with Crippen molar-refractivity contribution in [3.05, 3.63) is 10.5 Å². The van der Waals surface area contributed by atoms with E-state index in [-0.39, 0.29) is 30.3 Å². The van der Waals surface area contributed by atoms with Crippen LogP contribution in [-0.4, -0.2) is 124 Å². The van der Waals surface area contributed by atoms with Crippen LogP contribution < -0.4 is 5.32 Å². The number of hydrogen-bond acceptors (Lipinski definition) is 9. The first-order valence-corrected chi connectivity index (χ1v) is 13.4. The molecule has 11 nitrogen and oxygen atoms in total. The summed E-state index contributed by atoms with van der Waals surface area (Å²) < 4.78 is 5.51. The lowest BCUT2D eigenvalue weighted by atomic mass is 9.81. The van der Waals surface area contributed by atoms with Crippen molar-refractivity contribution >= 4 is 29.1 Å². The molecule has 0 bridgehead atoms. The summed E-state index contributed by atoms with van der Waals surface area (Å²) in [5.41, 5.74) is 1.04. The molecule has 0 spiro atoms. The van der Waals surface area contributed by atoms with Gasteiger partial charge in [0, 0.05) is 32.2 Å². The SMILES string of the molecule is CC(C)(C)[C@@H]1C(=O)N(C2CCCNC2)CC2N(C(=O)c3nncs3)C[C@@H](N3CCOCC3)C(=O)N21. The molecular weight excluding hydrogens is 470 g/mol. The largest absolute Gasteiger partial charge is 0.379 e. The van der Waals surface area contributed by atoms with Crippen LogP contribution in [0.3, 0.4) is 0 Å². The maximum Gasteiger partial charge on any atom is 0.286 e. The fourth-order valence-corrected chi connectivity index (χ4v) is 6.37. The highest BCUT2D eigenvalue weighted by atomic mass is 32.1. The lowest BCUT2D eigenvalue weighted by Gasteiger charge is -2.58. The molecule has 0 radical (unpaired) electrons. The van der Waals surface area contributed by atoms with Crippen LogP contribution >= 0.6 is 11.3 Å². The van der Waals surface area contributed by atoms with Crippen molar-refractivity contribution in [1.29, 1.82) is 0 Å². The molecule has 1 aromatic heterocycles. The Hall–Kier alpha value is -2.15. The van der Waals surface area contributed by atoms with E-state index < -0.39 is 23.7 Å². The molecule has 0 aliphatic carbocycles. The van der Waals surface area contributed by atoms with Crippen molar-refractivity contribution in [1.82, 2.24) is 35.1 Å². The number of nitrogens with zero attached hydrogens (tertiary/aromatic N) is 6. The first kappa shape index (κ1) is 24.5. The number of carbonyl (C=O) groups excluding carboxylic acids is 3. The van der Waals surface area contributed by atoms with Gasteiger partial charge in [-0.25, -0.2) is 0 Å². The van der Waals surface area contributed by atoms with Gasteiger partial charge in [-0.15, -0.1) is 10.2 Å². The Kier molecular flexibility index (Phi) is 6.81. The van der Waals surface area contributed by atoms with Crippen LogP contribution in [-0.2, 0) is 14.3 Å². The zero-order valence-electron chi connectivity index (χ0n) is 20.7. The lowest BCUT2D eigenvalue weighted by Crippen LogP contribution is -2.78. The molecule has 12 heteroatoms. The van der Waals surface area contributed by atoms with Gasteiger partial charge in [0.05, 0.1) is 19.8 Å². The number of morpholine rings is 1. The Labute approximate surface area is 209 Å². The highest BCUT2D eigenvalue weighted by molar-refractivity contribution is 7.11. The quantitative estimate of drug-likeness (QED) is 0.604. The number of aromatic nitrogens is 2. The van der Waals surface area contributed by atoms with E-state index in [4.69, 9.17) is 4.74 Å². The number of ether oxygens (including phenoxy) is 1. The summed E-state index contributed by atoms with van der Waals surface area (Å²) in [6.07, 6.45) is 1.37. The first-order chi connectivity index (χ1) is 16.8. The third-order valence-electron chi connectivity index (χ3n) is 7.57. The summed E-state index contributed by atoms with van der Waals surface area (Å²) in [7, 11) is 0. The summed E-state index contributed by atoms with van der Waals surface area (Å²) in [4.78, 5) is 49.3. The van der Waals surface area contributed by atoms with E-state index in [0.29, 0.717) is 37.9 Å². The Morgan fingerprint density at radius 1 is 1.17 bits per heavy atom. The molecule has 4 fully saturated rings. The molecule has 1 N–H and O–H groups in total. The zero-order valence-corrected chi connectivity index (χ0v) is 21.5. The van der Waals surface area contributed by atoms with Crippen LogP contribution in [0.25, 0.3) is 0 Å². The van der Waals surface area contributed by atoms with E-state index in [1.165, 1.54) is 11.3 Å². The predicted octanol–water partition coefficient (Wildman–Crippen LogP) is -0.142. The minimum absolute atomic E-state index is 0.0262. The Morgan fingerprint density at radius 3 is 2.57 bits per heavy atom. The van der Waals surface area contributed by atoms with Gasteiger partial charge in [-0.05, 0) is 24.8 Å². The van der Waals surface area contributed by atoms with Crippen molar-refractivity contribution < 1.29 is 19.1 Å². The Bertz CT molecular complexity index is 940. The van der Waals surface area contributed by atoms with Crippen molar-refractivity contribution in [2.24, 2.45) is 5.41 Å². The van der Waals surface area contributed by atoms with Gasteiger partial charge in [0.1, 0.15) is 23.8 Å². The molecule has 1 aromatic rings. The summed E-state index contributed by atoms with van der Waals surface area (Å²) in [5.74, 6) is -0.341. The van der Waals surface area contributed by atoms with E-state index in [1.54, 1.807) is 15.3 Å². The van der Waals surface area contributed by atoms with E-state index in [0.717, 1.165) is 25.9 Å². The number of nitrogens with one attached hydrogen (secondary N) is 1. The second-order valence-corrected chi connectivity index (χ2v) is 11.7. The maximum atomic E-state index is 14.1. The van der Waals surface area contributed by atoms with Crippen LogP contribution in [0.5, 0.6) is 0 Å². The number of hydrogen-bond donors (Lipinski definition) is 1. The van der Waals surface area contributed by atoms with Gasteiger partial charge in [-0.2, -0.15) is 0 Å². The van der Waals surface area contributed by atoms with Gasteiger partial charge < -0.3 is 24.8 Å². The Morgan fingerprint density at radius 2 is 1.94 bits per heavy atom. The lowest BCUT2D eigenvalue weighted by molar-refractivity contribution is -0.183. The van der Waals surface area contributed by atoms with E-state index in [1.807, 2.05) is 25.7 Å². The van der Waals surface area contributed by atoms with Gasteiger partial charge in [-0.1, -0.05) is 32.1 Å². The number of amides is 3. The molecule has 35 heavy (non-hydrogen) atoms. The number of fused-ring (bicyclic) bond motifs is 1. The van der Waals surface area contributed by atoms with Gasteiger partial charge >= 0.3 is 0 Å². The molecule has 4 aliphatic heterocycles. The minimum Gasteiger partial charge on any atom is -0.379 e. The standard InChI is InChI=1S/C23H35N7O4S/c1-23(2,3)18-21(32)28(15-5-4-6-24-11-15)13-17-29(22(33)19-26-25-14-35-19)12-16(20(31)30(17)18)27-7-9-34-10-8-27/h14-18,24H,4-13H2,1-3H3/t15?,16-,17?,18+/m1/s1. The molecule has 0 aromatic carbocycles. The second-order valence-electron chi connectivity index (χ2n) is 10.9. The predicted molar refractivity (Wildman–Crippen MR) is 129 cm³/mol. The summed E-state index contributed by atoms with van der Waals surface area (Å²) in [6, 6.07) is -1.13. The molecular formula is C23H35N7O4S. The monoisotopic (exact) mass is 505 g/mol. The molecule has 5 heterocycles. The number of piperazine rings is 1. The second kappa shape index (κ2) is 9.72. The molecule has 0 saturated carbocycles.